The minimum atomic E-state index is -3.92. The third kappa shape index (κ3) is 7.43. The molecule has 7 nitrogen and oxygen atoms in total. The van der Waals surface area contributed by atoms with E-state index in [1.807, 2.05) is 0 Å². The van der Waals surface area contributed by atoms with Gasteiger partial charge >= 0.3 is 0 Å². The number of amides is 2. The van der Waals surface area contributed by atoms with E-state index in [4.69, 9.17) is 23.2 Å². The monoisotopic (exact) mass is 539 g/mol. The normalized spacial score (nSPS) is 15.6. The van der Waals surface area contributed by atoms with Crippen molar-refractivity contribution in [2.24, 2.45) is 0 Å². The van der Waals surface area contributed by atoms with Gasteiger partial charge in [0.25, 0.3) is 0 Å². The Balaban J connectivity index is 1.78. The molecule has 1 aliphatic rings. The molecule has 0 aliphatic heterocycles. The van der Waals surface area contributed by atoms with Gasteiger partial charge < -0.3 is 10.2 Å². The Morgan fingerprint density at radius 1 is 0.971 bits per heavy atom. The summed E-state index contributed by atoms with van der Waals surface area (Å²) in [5.41, 5.74) is 0.781. The molecule has 1 atom stereocenters. The van der Waals surface area contributed by atoms with Crippen molar-refractivity contribution in [3.05, 3.63) is 64.1 Å². The number of likely N-dealkylation sites (N-methyl/N-ethyl adjacent to an activating group) is 1. The van der Waals surface area contributed by atoms with Gasteiger partial charge in [-0.1, -0.05) is 54.6 Å². The maximum absolute atomic E-state index is 13.4. The van der Waals surface area contributed by atoms with Crippen molar-refractivity contribution in [3.8, 4) is 0 Å². The summed E-state index contributed by atoms with van der Waals surface area (Å²) in [6.07, 6.45) is 5.15. The smallest absolute Gasteiger partial charge is 0.243 e. The van der Waals surface area contributed by atoms with Crippen molar-refractivity contribution in [2.45, 2.75) is 62.6 Å². The predicted octanol–water partition coefficient (Wildman–Crippen LogP) is 4.48. The van der Waals surface area contributed by atoms with Crippen molar-refractivity contribution in [1.82, 2.24) is 14.5 Å². The van der Waals surface area contributed by atoms with E-state index in [1.165, 1.54) is 36.2 Å². The maximum Gasteiger partial charge on any atom is 0.243 e. The van der Waals surface area contributed by atoms with Crippen molar-refractivity contribution in [3.63, 3.8) is 0 Å². The molecule has 0 bridgehead atoms. The Kier molecular flexibility index (Phi) is 9.58. The van der Waals surface area contributed by atoms with E-state index >= 15 is 0 Å². The largest absolute Gasteiger partial charge is 0.352 e. The molecule has 1 saturated carbocycles. The third-order valence-electron chi connectivity index (χ3n) is 6.26. The summed E-state index contributed by atoms with van der Waals surface area (Å²) in [5.74, 6) is -0.728. The molecule has 2 amide bonds. The summed E-state index contributed by atoms with van der Waals surface area (Å²) < 4.78 is 26.9. The lowest BCUT2D eigenvalue weighted by atomic mass is 9.95. The first-order valence-corrected chi connectivity index (χ1v) is 13.8. The van der Waals surface area contributed by atoms with Crippen molar-refractivity contribution in [2.75, 3.05) is 13.6 Å². The number of carbonyl (C=O) groups is 2. The van der Waals surface area contributed by atoms with Gasteiger partial charge in [-0.2, -0.15) is 4.31 Å². The first-order chi connectivity index (χ1) is 16.6. The molecule has 0 aromatic heterocycles. The average Bonchev–Trinajstić information content (AvgIpc) is 2.84. The van der Waals surface area contributed by atoms with Crippen LogP contribution in [0.15, 0.2) is 53.4 Å². The molecular weight excluding hydrogens is 509 g/mol. The van der Waals surface area contributed by atoms with E-state index < -0.39 is 28.5 Å². The summed E-state index contributed by atoms with van der Waals surface area (Å²) in [4.78, 5) is 27.9. The van der Waals surface area contributed by atoms with Crippen LogP contribution >= 0.6 is 23.2 Å². The molecule has 0 saturated heterocycles. The molecule has 2 aromatic rings. The van der Waals surface area contributed by atoms with Crippen LogP contribution in [0.5, 0.6) is 0 Å². The number of hydrogen-bond donors (Lipinski definition) is 1. The molecule has 0 heterocycles. The van der Waals surface area contributed by atoms with Crippen LogP contribution in [0.2, 0.25) is 10.0 Å². The molecule has 1 unspecified atom stereocenters. The predicted molar refractivity (Wildman–Crippen MR) is 138 cm³/mol. The summed E-state index contributed by atoms with van der Waals surface area (Å²) in [5, 5.41) is 4.04. The van der Waals surface area contributed by atoms with Crippen LogP contribution in [-0.4, -0.2) is 55.1 Å². The number of rotatable bonds is 9. The Hall–Kier alpha value is -2.13. The van der Waals surface area contributed by atoms with Crippen molar-refractivity contribution < 1.29 is 18.0 Å². The van der Waals surface area contributed by atoms with Gasteiger partial charge in [-0.25, -0.2) is 8.42 Å². The van der Waals surface area contributed by atoms with Gasteiger partial charge in [0.15, 0.2) is 0 Å². The summed E-state index contributed by atoms with van der Waals surface area (Å²) in [6.45, 7) is 1.39. The highest BCUT2D eigenvalue weighted by molar-refractivity contribution is 7.89. The highest BCUT2D eigenvalue weighted by Gasteiger charge is 2.31. The van der Waals surface area contributed by atoms with Crippen LogP contribution in [0, 0.1) is 0 Å². The Morgan fingerprint density at radius 3 is 2.09 bits per heavy atom. The number of nitrogens with zero attached hydrogens (tertiary/aromatic N) is 2. The molecule has 1 aliphatic carbocycles. The highest BCUT2D eigenvalue weighted by atomic mass is 35.5. The zero-order chi connectivity index (χ0) is 25.6. The minimum absolute atomic E-state index is 0.0320. The van der Waals surface area contributed by atoms with Crippen LogP contribution in [-0.2, 0) is 26.2 Å². The van der Waals surface area contributed by atoms with Crippen LogP contribution in [0.1, 0.15) is 44.6 Å². The van der Waals surface area contributed by atoms with Gasteiger partial charge in [0.1, 0.15) is 6.04 Å². The molecule has 0 radical (unpaired) electrons. The van der Waals surface area contributed by atoms with Crippen LogP contribution in [0.4, 0.5) is 0 Å². The van der Waals surface area contributed by atoms with Crippen LogP contribution in [0.3, 0.4) is 0 Å². The summed E-state index contributed by atoms with van der Waals surface area (Å²) >= 11 is 11.9. The molecule has 1 N–H and O–H groups in total. The van der Waals surface area contributed by atoms with E-state index in [9.17, 15) is 18.0 Å². The summed E-state index contributed by atoms with van der Waals surface area (Å²) in [6, 6.07) is 12.0. The van der Waals surface area contributed by atoms with Gasteiger partial charge in [-0.3, -0.25) is 9.59 Å². The lowest BCUT2D eigenvalue weighted by Gasteiger charge is -2.32. The molecule has 35 heavy (non-hydrogen) atoms. The fraction of sp³-hybridized carbons (Fsp3) is 0.440. The number of sulfonamides is 1. The van der Waals surface area contributed by atoms with Crippen molar-refractivity contribution >= 4 is 45.0 Å². The number of benzene rings is 2. The first kappa shape index (κ1) is 27.5. The first-order valence-electron chi connectivity index (χ1n) is 11.6. The standard InChI is InChI=1S/C25H31Cl2N3O4S/c1-18(25(32)28-22-6-4-3-5-7-22)30(16-19-8-10-20(26)11-9-19)24(31)17-29(2)35(33,34)23-14-12-21(27)13-15-23/h8-15,18,22H,3-7,16-17H2,1-2H3,(H,28,32). The quantitative estimate of drug-likeness (QED) is 0.508. The summed E-state index contributed by atoms with van der Waals surface area (Å²) in [7, 11) is -2.58. The van der Waals surface area contributed by atoms with Crippen LogP contribution in [0.25, 0.3) is 0 Å². The molecular formula is C25H31Cl2N3O4S. The van der Waals surface area contributed by atoms with E-state index in [1.54, 1.807) is 31.2 Å². The second-order valence-electron chi connectivity index (χ2n) is 8.88. The van der Waals surface area contributed by atoms with Gasteiger partial charge in [0, 0.05) is 29.7 Å². The van der Waals surface area contributed by atoms with E-state index in [2.05, 4.69) is 5.32 Å². The Bertz CT molecular complexity index is 1120. The fourth-order valence-electron chi connectivity index (χ4n) is 4.09. The van der Waals surface area contributed by atoms with E-state index in [0.29, 0.717) is 10.0 Å². The molecule has 190 valence electrons. The minimum Gasteiger partial charge on any atom is -0.352 e. The third-order valence-corrected chi connectivity index (χ3v) is 8.59. The molecule has 0 spiro atoms. The van der Waals surface area contributed by atoms with E-state index in [0.717, 1.165) is 42.0 Å². The van der Waals surface area contributed by atoms with Gasteiger partial charge in [-0.05, 0) is 61.7 Å². The molecule has 1 fully saturated rings. The SMILES string of the molecule is CC(C(=O)NC1CCCCC1)N(Cc1ccc(Cl)cc1)C(=O)CN(C)S(=O)(=O)c1ccc(Cl)cc1. The second-order valence-corrected chi connectivity index (χ2v) is 11.8. The van der Waals surface area contributed by atoms with E-state index in [-0.39, 0.29) is 23.4 Å². The molecule has 3 rings (SSSR count). The number of halogens is 2. The van der Waals surface area contributed by atoms with Crippen LogP contribution < -0.4 is 5.32 Å². The molecule has 10 heteroatoms. The Morgan fingerprint density at radius 2 is 1.51 bits per heavy atom. The van der Waals surface area contributed by atoms with Gasteiger partial charge in [0.05, 0.1) is 11.4 Å². The number of nitrogens with one attached hydrogen (secondary N) is 1. The van der Waals surface area contributed by atoms with Gasteiger partial charge in [-0.15, -0.1) is 0 Å². The maximum atomic E-state index is 13.4. The Labute approximate surface area is 217 Å². The molecule has 2 aromatic carbocycles. The second kappa shape index (κ2) is 12.2. The fourth-order valence-corrected chi connectivity index (χ4v) is 5.46. The number of hydrogen-bond acceptors (Lipinski definition) is 4. The van der Waals surface area contributed by atoms with Gasteiger partial charge in [0.2, 0.25) is 21.8 Å². The highest BCUT2D eigenvalue weighted by Crippen LogP contribution is 2.20. The zero-order valence-corrected chi connectivity index (χ0v) is 22.2. The lowest BCUT2D eigenvalue weighted by molar-refractivity contribution is -0.141. The zero-order valence-electron chi connectivity index (χ0n) is 19.9. The number of carbonyl (C=O) groups excluding carboxylic acids is 2. The topological polar surface area (TPSA) is 86.8 Å². The average molecular weight is 541 g/mol. The van der Waals surface area contributed by atoms with Crippen molar-refractivity contribution in [1.29, 1.82) is 0 Å². The lowest BCUT2D eigenvalue weighted by Crippen LogP contribution is -2.52.